The monoisotopic (exact) mass is 324 g/mol. The first-order valence-electron chi connectivity index (χ1n) is 7.35. The topological polar surface area (TPSA) is 75.7 Å². The second-order valence-electron chi connectivity index (χ2n) is 5.94. The van der Waals surface area contributed by atoms with E-state index in [0.29, 0.717) is 36.1 Å². The smallest absolute Gasteiger partial charge is 0.337 e. The minimum Gasteiger partial charge on any atom is -0.465 e. The molecule has 6 nitrogen and oxygen atoms in total. The van der Waals surface area contributed by atoms with Crippen LogP contribution in [0.1, 0.15) is 15.9 Å². The van der Waals surface area contributed by atoms with Gasteiger partial charge in [0.1, 0.15) is 0 Å². The van der Waals surface area contributed by atoms with Crippen molar-refractivity contribution in [3.63, 3.8) is 0 Å². The van der Waals surface area contributed by atoms with Crippen molar-refractivity contribution in [2.75, 3.05) is 33.3 Å². The minimum atomic E-state index is -3.35. The quantitative estimate of drug-likeness (QED) is 0.814. The van der Waals surface area contributed by atoms with Crippen LogP contribution in [0.15, 0.2) is 24.3 Å². The molecule has 120 valence electrons. The van der Waals surface area contributed by atoms with Crippen molar-refractivity contribution in [3.8, 4) is 0 Å². The van der Waals surface area contributed by atoms with Crippen LogP contribution in [0, 0.1) is 11.8 Å². The second-order valence-corrected chi connectivity index (χ2v) is 7.91. The fourth-order valence-corrected chi connectivity index (χ4v) is 4.87. The molecular formula is C15H20N2O4S. The number of benzene rings is 1. The Morgan fingerprint density at radius 3 is 2.64 bits per heavy atom. The van der Waals surface area contributed by atoms with Crippen molar-refractivity contribution >= 4 is 16.0 Å². The van der Waals surface area contributed by atoms with Crippen LogP contribution >= 0.6 is 0 Å². The maximum atomic E-state index is 12.6. The second kappa shape index (κ2) is 5.98. The van der Waals surface area contributed by atoms with E-state index < -0.39 is 16.0 Å². The molecule has 22 heavy (non-hydrogen) atoms. The molecule has 0 aromatic heterocycles. The van der Waals surface area contributed by atoms with E-state index in [9.17, 15) is 13.2 Å². The number of sulfonamides is 1. The average molecular weight is 324 g/mol. The van der Waals surface area contributed by atoms with Crippen LogP contribution in [-0.4, -0.2) is 52.0 Å². The highest BCUT2D eigenvalue weighted by molar-refractivity contribution is 7.88. The van der Waals surface area contributed by atoms with Gasteiger partial charge in [-0.2, -0.15) is 0 Å². The number of esters is 1. The summed E-state index contributed by atoms with van der Waals surface area (Å²) >= 11 is 0. The van der Waals surface area contributed by atoms with Crippen molar-refractivity contribution in [2.24, 2.45) is 11.8 Å². The van der Waals surface area contributed by atoms with Crippen LogP contribution in [0.2, 0.25) is 0 Å². The summed E-state index contributed by atoms with van der Waals surface area (Å²) in [6, 6.07) is 6.61. The molecule has 0 aliphatic carbocycles. The van der Waals surface area contributed by atoms with Crippen LogP contribution in [0.25, 0.3) is 0 Å². The largest absolute Gasteiger partial charge is 0.465 e. The first-order valence-corrected chi connectivity index (χ1v) is 8.96. The van der Waals surface area contributed by atoms with E-state index in [1.807, 2.05) is 0 Å². The summed E-state index contributed by atoms with van der Waals surface area (Å²) in [6.07, 6.45) is 0. The lowest BCUT2D eigenvalue weighted by Gasteiger charge is -2.17. The third-order valence-corrected chi connectivity index (χ3v) is 6.23. The van der Waals surface area contributed by atoms with E-state index in [0.717, 1.165) is 13.1 Å². The number of methoxy groups -OCH3 is 1. The molecule has 2 heterocycles. The molecule has 2 aliphatic heterocycles. The lowest BCUT2D eigenvalue weighted by atomic mass is 10.0. The molecule has 0 saturated carbocycles. The Kier molecular flexibility index (Phi) is 4.20. The first-order chi connectivity index (χ1) is 10.5. The third-order valence-electron chi connectivity index (χ3n) is 4.45. The molecule has 2 fully saturated rings. The van der Waals surface area contributed by atoms with Gasteiger partial charge in [0.05, 0.1) is 18.4 Å². The van der Waals surface area contributed by atoms with Crippen molar-refractivity contribution in [1.29, 1.82) is 0 Å². The molecule has 2 aliphatic rings. The maximum Gasteiger partial charge on any atom is 0.337 e. The zero-order valence-electron chi connectivity index (χ0n) is 12.5. The lowest BCUT2D eigenvalue weighted by Crippen LogP contribution is -2.32. The van der Waals surface area contributed by atoms with Gasteiger partial charge in [0.15, 0.2) is 0 Å². The highest BCUT2D eigenvalue weighted by Crippen LogP contribution is 2.29. The van der Waals surface area contributed by atoms with Crippen LogP contribution in [0.3, 0.4) is 0 Å². The number of nitrogens with zero attached hydrogens (tertiary/aromatic N) is 1. The minimum absolute atomic E-state index is 0.0787. The van der Waals surface area contributed by atoms with Crippen molar-refractivity contribution in [1.82, 2.24) is 9.62 Å². The Balaban J connectivity index is 1.73. The Morgan fingerprint density at radius 1 is 1.32 bits per heavy atom. The SMILES string of the molecule is COC(=O)c1cccc(CS(=O)(=O)N2C[C@H]3CNC[C@H]3C2)c1. The van der Waals surface area contributed by atoms with Crippen LogP contribution < -0.4 is 5.32 Å². The Labute approximate surface area is 130 Å². The maximum absolute atomic E-state index is 12.6. The van der Waals surface area contributed by atoms with E-state index in [2.05, 4.69) is 10.1 Å². The number of hydrogen-bond acceptors (Lipinski definition) is 5. The summed E-state index contributed by atoms with van der Waals surface area (Å²) in [5.74, 6) is 0.318. The number of fused-ring (bicyclic) bond motifs is 1. The van der Waals surface area contributed by atoms with Gasteiger partial charge in [0.2, 0.25) is 10.0 Å². The van der Waals surface area contributed by atoms with Gasteiger partial charge in [-0.05, 0) is 42.6 Å². The molecule has 0 radical (unpaired) electrons. The van der Waals surface area contributed by atoms with Gasteiger partial charge in [-0.25, -0.2) is 17.5 Å². The number of ether oxygens (including phenoxy) is 1. The van der Waals surface area contributed by atoms with Gasteiger partial charge >= 0.3 is 5.97 Å². The zero-order valence-corrected chi connectivity index (χ0v) is 13.3. The summed E-state index contributed by atoms with van der Waals surface area (Å²) in [7, 11) is -2.04. The predicted octanol–water partition coefficient (Wildman–Crippen LogP) is 0.454. The standard InChI is InChI=1S/C15H20N2O4S/c1-21-15(18)12-4-2-3-11(5-12)10-22(19,20)17-8-13-6-16-7-14(13)9-17/h2-5,13-14,16H,6-10H2,1H3/t13-,14+. The van der Waals surface area contributed by atoms with Gasteiger partial charge in [-0.1, -0.05) is 12.1 Å². The normalized spacial score (nSPS) is 25.1. The number of hydrogen-bond donors (Lipinski definition) is 1. The van der Waals surface area contributed by atoms with E-state index in [1.54, 1.807) is 28.6 Å². The van der Waals surface area contributed by atoms with Crippen LogP contribution in [0.4, 0.5) is 0 Å². The molecule has 7 heteroatoms. The molecule has 0 amide bonds. The highest BCUT2D eigenvalue weighted by Gasteiger charge is 2.40. The fraction of sp³-hybridized carbons (Fsp3) is 0.533. The van der Waals surface area contributed by atoms with Gasteiger partial charge < -0.3 is 10.1 Å². The molecule has 3 rings (SSSR count). The Morgan fingerprint density at radius 2 is 2.00 bits per heavy atom. The molecule has 2 saturated heterocycles. The van der Waals surface area contributed by atoms with Gasteiger partial charge in [0.25, 0.3) is 0 Å². The summed E-state index contributed by atoms with van der Waals surface area (Å²) in [5.41, 5.74) is 0.982. The Bertz CT molecular complexity index is 662. The van der Waals surface area contributed by atoms with E-state index in [1.165, 1.54) is 7.11 Å². The molecule has 0 spiro atoms. The van der Waals surface area contributed by atoms with Crippen molar-refractivity contribution in [2.45, 2.75) is 5.75 Å². The molecule has 1 aromatic carbocycles. The van der Waals surface area contributed by atoms with Gasteiger partial charge in [0, 0.05) is 13.1 Å². The van der Waals surface area contributed by atoms with Crippen LogP contribution in [-0.2, 0) is 20.5 Å². The molecule has 1 N–H and O–H groups in total. The Hall–Kier alpha value is -1.44. The number of carbonyl (C=O) groups excluding carboxylic acids is 1. The van der Waals surface area contributed by atoms with Gasteiger partial charge in [-0.3, -0.25) is 0 Å². The summed E-state index contributed by atoms with van der Waals surface area (Å²) in [6.45, 7) is 2.98. The number of carbonyl (C=O) groups is 1. The summed E-state index contributed by atoms with van der Waals surface area (Å²) < 4.78 is 31.4. The third kappa shape index (κ3) is 3.02. The van der Waals surface area contributed by atoms with Crippen molar-refractivity contribution < 1.29 is 17.9 Å². The number of nitrogens with one attached hydrogen (secondary N) is 1. The zero-order chi connectivity index (χ0) is 15.7. The average Bonchev–Trinajstić information content (AvgIpc) is 3.07. The van der Waals surface area contributed by atoms with Crippen molar-refractivity contribution in [3.05, 3.63) is 35.4 Å². The van der Waals surface area contributed by atoms with Crippen LogP contribution in [0.5, 0.6) is 0 Å². The van der Waals surface area contributed by atoms with E-state index in [4.69, 9.17) is 0 Å². The van der Waals surface area contributed by atoms with Gasteiger partial charge in [-0.15, -0.1) is 0 Å². The predicted molar refractivity (Wildman–Crippen MR) is 81.8 cm³/mol. The highest BCUT2D eigenvalue weighted by atomic mass is 32.2. The molecule has 0 bridgehead atoms. The summed E-state index contributed by atoms with van der Waals surface area (Å²) in [5, 5.41) is 3.30. The lowest BCUT2D eigenvalue weighted by molar-refractivity contribution is 0.0600. The number of rotatable bonds is 4. The molecule has 0 unspecified atom stereocenters. The summed E-state index contributed by atoms with van der Waals surface area (Å²) in [4.78, 5) is 11.5. The van der Waals surface area contributed by atoms with E-state index in [-0.39, 0.29) is 5.75 Å². The van der Waals surface area contributed by atoms with E-state index >= 15 is 0 Å². The molecular weight excluding hydrogens is 304 g/mol. The molecule has 2 atom stereocenters. The molecule has 1 aromatic rings. The fourth-order valence-electron chi connectivity index (χ4n) is 3.25. The first kappa shape index (κ1) is 15.5.